The normalized spacial score (nSPS) is 13.3. The van der Waals surface area contributed by atoms with Crippen LogP contribution < -0.4 is 0 Å². The van der Waals surface area contributed by atoms with E-state index in [1.807, 2.05) is 30.3 Å². The smallest absolute Gasteiger partial charge is 0.344 e. The average molecular weight is 298 g/mol. The van der Waals surface area contributed by atoms with Crippen molar-refractivity contribution in [2.45, 2.75) is 32.7 Å². The van der Waals surface area contributed by atoms with Crippen LogP contribution in [0.4, 0.5) is 4.39 Å². The molecule has 21 heavy (non-hydrogen) atoms. The molecule has 0 aromatic heterocycles. The highest BCUT2D eigenvalue weighted by Gasteiger charge is 2.32. The van der Waals surface area contributed by atoms with Crippen LogP contribution in [0, 0.1) is 0 Å². The molecule has 0 amide bonds. The fraction of sp³-hybridized carbons (Fsp3) is 0.467. The molecule has 6 heteroatoms. The molecular formula is C15H19FO5. The van der Waals surface area contributed by atoms with E-state index < -0.39 is 24.2 Å². The zero-order chi connectivity index (χ0) is 15.7. The van der Waals surface area contributed by atoms with Crippen LogP contribution >= 0.6 is 0 Å². The molecule has 0 spiro atoms. The predicted molar refractivity (Wildman–Crippen MR) is 73.2 cm³/mol. The van der Waals surface area contributed by atoms with Crippen LogP contribution in [-0.4, -0.2) is 37.4 Å². The second-order valence-corrected chi connectivity index (χ2v) is 4.30. The Hall–Kier alpha value is -1.95. The Morgan fingerprint density at radius 3 is 2.48 bits per heavy atom. The first-order valence-electron chi connectivity index (χ1n) is 6.64. The molecule has 1 rings (SSSR count). The van der Waals surface area contributed by atoms with Crippen LogP contribution in [-0.2, 0) is 30.4 Å². The minimum Gasteiger partial charge on any atom is -0.464 e. The van der Waals surface area contributed by atoms with Crippen LogP contribution in [0.3, 0.4) is 0 Å². The Bertz CT molecular complexity index is 449. The molecule has 0 saturated carbocycles. The highest BCUT2D eigenvalue weighted by atomic mass is 19.1. The van der Waals surface area contributed by atoms with Crippen molar-refractivity contribution in [2.24, 2.45) is 0 Å². The Morgan fingerprint density at radius 1 is 1.24 bits per heavy atom. The molecule has 0 bridgehead atoms. The van der Waals surface area contributed by atoms with Crippen LogP contribution in [0.1, 0.15) is 19.4 Å². The monoisotopic (exact) mass is 298 g/mol. The maximum atomic E-state index is 13.9. The zero-order valence-corrected chi connectivity index (χ0v) is 12.1. The lowest BCUT2D eigenvalue weighted by atomic mass is 10.2. The average Bonchev–Trinajstić information content (AvgIpc) is 2.46. The third-order valence-corrected chi connectivity index (χ3v) is 2.55. The van der Waals surface area contributed by atoms with Crippen LogP contribution in [0.25, 0.3) is 0 Å². The largest absolute Gasteiger partial charge is 0.464 e. The lowest BCUT2D eigenvalue weighted by molar-refractivity contribution is -0.166. The molecule has 116 valence electrons. The summed E-state index contributed by atoms with van der Waals surface area (Å²) in [6, 6.07) is 9.25. The predicted octanol–water partition coefficient (Wildman–Crippen LogP) is 2.04. The number of carbonyl (C=O) groups excluding carboxylic acids is 2. The number of alkyl halides is 1. The number of hydrogen-bond donors (Lipinski definition) is 0. The van der Waals surface area contributed by atoms with Crippen molar-refractivity contribution in [3.05, 3.63) is 35.9 Å². The Morgan fingerprint density at radius 2 is 1.90 bits per heavy atom. The Balaban J connectivity index is 2.53. The van der Waals surface area contributed by atoms with E-state index >= 15 is 0 Å². The summed E-state index contributed by atoms with van der Waals surface area (Å²) in [4.78, 5) is 22.3. The van der Waals surface area contributed by atoms with Gasteiger partial charge >= 0.3 is 11.9 Å². The number of hydrogen-bond acceptors (Lipinski definition) is 5. The first-order valence-corrected chi connectivity index (χ1v) is 6.64. The van der Waals surface area contributed by atoms with Gasteiger partial charge in [0.05, 0.1) is 19.8 Å². The SMILES string of the molecule is CCOC(=O)C(F)C(COCc1ccccc1)OC(C)=O. The summed E-state index contributed by atoms with van der Waals surface area (Å²) in [5.41, 5.74) is 0.894. The molecule has 0 N–H and O–H groups in total. The van der Waals surface area contributed by atoms with E-state index in [4.69, 9.17) is 9.47 Å². The summed E-state index contributed by atoms with van der Waals surface area (Å²) < 4.78 is 28.6. The number of rotatable bonds is 8. The molecule has 0 radical (unpaired) electrons. The Labute approximate surface area is 123 Å². The van der Waals surface area contributed by atoms with E-state index in [-0.39, 0.29) is 19.8 Å². The second kappa shape index (κ2) is 9.07. The summed E-state index contributed by atoms with van der Waals surface area (Å²) in [5.74, 6) is -1.75. The second-order valence-electron chi connectivity index (χ2n) is 4.30. The van der Waals surface area contributed by atoms with Gasteiger partial charge in [-0.15, -0.1) is 0 Å². The molecule has 0 aliphatic carbocycles. The van der Waals surface area contributed by atoms with Gasteiger partial charge in [0.25, 0.3) is 0 Å². The van der Waals surface area contributed by atoms with Crippen LogP contribution in [0.2, 0.25) is 0 Å². The molecule has 0 aliphatic heterocycles. The molecule has 0 saturated heterocycles. The lowest BCUT2D eigenvalue weighted by Gasteiger charge is -2.19. The van der Waals surface area contributed by atoms with Gasteiger partial charge < -0.3 is 14.2 Å². The molecule has 1 aromatic rings. The number of benzene rings is 1. The standard InChI is InChI=1S/C15H19FO5/c1-3-20-15(18)14(16)13(21-11(2)17)10-19-9-12-7-5-4-6-8-12/h4-8,13-14H,3,9-10H2,1-2H3. The van der Waals surface area contributed by atoms with E-state index in [1.165, 1.54) is 0 Å². The fourth-order valence-corrected chi connectivity index (χ4v) is 1.63. The highest BCUT2D eigenvalue weighted by Crippen LogP contribution is 2.10. The van der Waals surface area contributed by atoms with E-state index in [0.29, 0.717) is 0 Å². The van der Waals surface area contributed by atoms with Crippen LogP contribution in [0.15, 0.2) is 30.3 Å². The van der Waals surface area contributed by atoms with Crippen molar-refractivity contribution < 1.29 is 28.2 Å². The van der Waals surface area contributed by atoms with Crippen molar-refractivity contribution in [1.29, 1.82) is 0 Å². The molecule has 1 aromatic carbocycles. The van der Waals surface area contributed by atoms with Gasteiger partial charge in [-0.3, -0.25) is 4.79 Å². The van der Waals surface area contributed by atoms with Gasteiger partial charge in [0.1, 0.15) is 0 Å². The minimum atomic E-state index is -2.07. The molecular weight excluding hydrogens is 279 g/mol. The first kappa shape index (κ1) is 17.1. The molecule has 0 aliphatic rings. The highest BCUT2D eigenvalue weighted by molar-refractivity contribution is 5.76. The number of ether oxygens (including phenoxy) is 3. The van der Waals surface area contributed by atoms with Gasteiger partial charge in [-0.05, 0) is 12.5 Å². The molecule has 0 fully saturated rings. The van der Waals surface area contributed by atoms with Gasteiger partial charge in [0, 0.05) is 6.92 Å². The zero-order valence-electron chi connectivity index (χ0n) is 12.1. The number of esters is 2. The molecule has 2 unspecified atom stereocenters. The van der Waals surface area contributed by atoms with Crippen molar-refractivity contribution in [3.8, 4) is 0 Å². The van der Waals surface area contributed by atoms with Crippen molar-refractivity contribution in [3.63, 3.8) is 0 Å². The summed E-state index contributed by atoms with van der Waals surface area (Å²) in [6.07, 6.45) is -3.38. The van der Waals surface area contributed by atoms with Crippen molar-refractivity contribution in [2.75, 3.05) is 13.2 Å². The third kappa shape index (κ3) is 6.35. The maximum Gasteiger partial charge on any atom is 0.344 e. The Kier molecular flexibility index (Phi) is 7.39. The van der Waals surface area contributed by atoms with Gasteiger partial charge in [0.2, 0.25) is 6.17 Å². The topological polar surface area (TPSA) is 61.8 Å². The number of halogens is 1. The quantitative estimate of drug-likeness (QED) is 0.687. The van der Waals surface area contributed by atoms with Gasteiger partial charge in [0.15, 0.2) is 6.10 Å². The first-order chi connectivity index (χ1) is 10.0. The van der Waals surface area contributed by atoms with Crippen LogP contribution in [0.5, 0.6) is 0 Å². The summed E-state index contributed by atoms with van der Waals surface area (Å²) in [5, 5.41) is 0. The van der Waals surface area contributed by atoms with Gasteiger partial charge in [-0.1, -0.05) is 30.3 Å². The molecule has 2 atom stereocenters. The van der Waals surface area contributed by atoms with Gasteiger partial charge in [-0.25, -0.2) is 9.18 Å². The van der Waals surface area contributed by atoms with E-state index in [0.717, 1.165) is 12.5 Å². The summed E-state index contributed by atoms with van der Waals surface area (Å²) in [6.45, 7) is 2.76. The summed E-state index contributed by atoms with van der Waals surface area (Å²) >= 11 is 0. The number of carbonyl (C=O) groups is 2. The van der Waals surface area contributed by atoms with Crippen molar-refractivity contribution >= 4 is 11.9 Å². The molecule has 0 heterocycles. The van der Waals surface area contributed by atoms with E-state index in [9.17, 15) is 14.0 Å². The summed E-state index contributed by atoms with van der Waals surface area (Å²) in [7, 11) is 0. The van der Waals surface area contributed by atoms with E-state index in [1.54, 1.807) is 6.92 Å². The maximum absolute atomic E-state index is 13.9. The lowest BCUT2D eigenvalue weighted by Crippen LogP contribution is -2.38. The molecule has 5 nitrogen and oxygen atoms in total. The minimum absolute atomic E-state index is 0.0525. The fourth-order valence-electron chi connectivity index (χ4n) is 1.63. The van der Waals surface area contributed by atoms with E-state index in [2.05, 4.69) is 4.74 Å². The van der Waals surface area contributed by atoms with Crippen molar-refractivity contribution in [1.82, 2.24) is 0 Å². The third-order valence-electron chi connectivity index (χ3n) is 2.55. The van der Waals surface area contributed by atoms with Gasteiger partial charge in [-0.2, -0.15) is 0 Å².